The molecule has 0 aliphatic heterocycles. The third-order valence-electron chi connectivity index (χ3n) is 3.32. The Balaban J connectivity index is 0.000000201. The number of isocyanates is 2. The van der Waals surface area contributed by atoms with E-state index in [1.807, 2.05) is 0 Å². The maximum Gasteiger partial charge on any atom is 0.231 e. The molecule has 0 heterocycles. The van der Waals surface area contributed by atoms with Crippen LogP contribution in [0.2, 0.25) is 0 Å². The second kappa shape index (κ2) is 12.6. The highest BCUT2D eigenvalue weighted by atomic mass is 16.1. The molecule has 0 radical (unpaired) electrons. The second-order valence-electron chi connectivity index (χ2n) is 4.90. The Morgan fingerprint density at radius 1 is 0.423 bits per heavy atom. The van der Waals surface area contributed by atoms with Crippen LogP contribution in [0.15, 0.2) is 97.1 Å². The number of benzene rings is 4. The molecule has 4 rings (SSSR count). The van der Waals surface area contributed by atoms with Gasteiger partial charge in [-0.15, -0.1) is 0 Å². The summed E-state index contributed by atoms with van der Waals surface area (Å²) in [5.41, 5.74) is 0. The van der Waals surface area contributed by atoms with Gasteiger partial charge in [-0.2, -0.15) is 0 Å². The van der Waals surface area contributed by atoms with Crippen molar-refractivity contribution in [2.24, 2.45) is 0 Å². The van der Waals surface area contributed by atoms with E-state index >= 15 is 0 Å². The van der Waals surface area contributed by atoms with Gasteiger partial charge in [0.2, 0.25) is 12.2 Å². The van der Waals surface area contributed by atoms with Crippen LogP contribution in [0.25, 0.3) is 21.5 Å². The van der Waals surface area contributed by atoms with Crippen molar-refractivity contribution in [3.63, 3.8) is 0 Å². The molecule has 0 saturated heterocycles. The van der Waals surface area contributed by atoms with Crippen LogP contribution in [0.1, 0.15) is 0 Å². The minimum absolute atomic E-state index is 0.750. The van der Waals surface area contributed by atoms with Gasteiger partial charge in [0, 0.05) is 0 Å². The van der Waals surface area contributed by atoms with Crippen LogP contribution in [0.5, 0.6) is 0 Å². The first kappa shape index (κ1) is 20.2. The predicted molar refractivity (Wildman–Crippen MR) is 105 cm³/mol. The molecule has 0 spiro atoms. The summed E-state index contributed by atoms with van der Waals surface area (Å²) in [7, 11) is 0. The summed E-state index contributed by atoms with van der Waals surface area (Å²) in [5.74, 6) is 0. The number of fused-ring (bicyclic) bond motifs is 2. The average Bonchev–Trinajstić information content (AvgIpc) is 2.70. The molecule has 4 heteroatoms. The Kier molecular flexibility index (Phi) is 9.77. The zero-order chi connectivity index (χ0) is 19.0. The summed E-state index contributed by atoms with van der Waals surface area (Å²) in [4.78, 5) is 16.7. The van der Waals surface area contributed by atoms with Crippen molar-refractivity contribution in [2.75, 3.05) is 0 Å². The highest BCUT2D eigenvalue weighted by Gasteiger charge is 1.86. The highest BCUT2D eigenvalue weighted by Crippen LogP contribution is 2.11. The van der Waals surface area contributed by atoms with Gasteiger partial charge in [-0.05, 0) is 21.5 Å². The second-order valence-corrected chi connectivity index (χ2v) is 4.90. The zero-order valence-electron chi connectivity index (χ0n) is 14.1. The lowest BCUT2D eigenvalue weighted by Gasteiger charge is -1.92. The Bertz CT molecular complexity index is 786. The van der Waals surface area contributed by atoms with E-state index in [1.54, 1.807) is 0 Å². The molecule has 128 valence electrons. The summed E-state index contributed by atoms with van der Waals surface area (Å²) in [6.07, 6.45) is 1.50. The van der Waals surface area contributed by atoms with Gasteiger partial charge in [-0.1, -0.05) is 97.1 Å². The zero-order valence-corrected chi connectivity index (χ0v) is 14.1. The van der Waals surface area contributed by atoms with Gasteiger partial charge in [-0.3, -0.25) is 0 Å². The fourth-order valence-corrected chi connectivity index (χ4v) is 2.27. The molecule has 0 atom stereocenters. The molecule has 4 aromatic rings. The molecule has 0 aliphatic rings. The molecule has 0 aliphatic carbocycles. The smallest absolute Gasteiger partial charge is 0.222 e. The summed E-state index contributed by atoms with van der Waals surface area (Å²) in [6.45, 7) is 0. The molecule has 0 aromatic heterocycles. The Hall–Kier alpha value is -3.84. The van der Waals surface area contributed by atoms with E-state index in [0.29, 0.717) is 0 Å². The van der Waals surface area contributed by atoms with Gasteiger partial charge in [0.25, 0.3) is 0 Å². The van der Waals surface area contributed by atoms with Gasteiger partial charge in [0.15, 0.2) is 0 Å². The SMILES string of the molecule is N=C=O.N=C=O.c1ccc2ccccc2c1.c1ccc2ccccc2c1. The molecule has 0 unspecified atom stereocenters. The quantitative estimate of drug-likeness (QED) is 0.327. The van der Waals surface area contributed by atoms with Gasteiger partial charge in [-0.25, -0.2) is 20.4 Å². The van der Waals surface area contributed by atoms with Crippen molar-refractivity contribution >= 4 is 33.7 Å². The maximum atomic E-state index is 8.35. The van der Waals surface area contributed by atoms with Crippen molar-refractivity contribution in [3.05, 3.63) is 97.1 Å². The van der Waals surface area contributed by atoms with Gasteiger partial charge in [0.1, 0.15) is 0 Å². The Labute approximate surface area is 151 Å². The molecule has 26 heavy (non-hydrogen) atoms. The summed E-state index contributed by atoms with van der Waals surface area (Å²) in [5, 5.41) is 16.0. The lowest BCUT2D eigenvalue weighted by Crippen LogP contribution is -1.67. The largest absolute Gasteiger partial charge is 0.231 e. The summed E-state index contributed by atoms with van der Waals surface area (Å²) in [6, 6.07) is 33.4. The topological polar surface area (TPSA) is 81.8 Å². The number of rotatable bonds is 0. The number of nitrogens with one attached hydrogen (secondary N) is 2. The first-order valence-corrected chi connectivity index (χ1v) is 7.72. The molecule has 0 fully saturated rings. The first-order valence-electron chi connectivity index (χ1n) is 7.72. The van der Waals surface area contributed by atoms with E-state index in [1.165, 1.54) is 21.5 Å². The van der Waals surface area contributed by atoms with Gasteiger partial charge >= 0.3 is 0 Å². The molecular weight excluding hydrogens is 324 g/mol. The standard InChI is InChI=1S/2C10H8.2CHNO/c2*1-2-6-10-8-4-3-7-9(10)5-1;2*2-1-3/h2*1-8H;2*2H. The highest BCUT2D eigenvalue weighted by molar-refractivity contribution is 5.82. The predicted octanol–water partition coefficient (Wildman–Crippen LogP) is 5.48. The fraction of sp³-hybridized carbons (Fsp3) is 0. The molecule has 4 aromatic carbocycles. The van der Waals surface area contributed by atoms with Crippen LogP contribution in [0.4, 0.5) is 0 Å². The normalized spacial score (nSPS) is 8.31. The van der Waals surface area contributed by atoms with E-state index in [0.717, 1.165) is 12.2 Å². The average molecular weight is 342 g/mol. The summed E-state index contributed by atoms with van der Waals surface area (Å²) < 4.78 is 0. The van der Waals surface area contributed by atoms with Crippen LogP contribution in [-0.2, 0) is 9.59 Å². The molecular formula is C22H18N2O2. The minimum Gasteiger partial charge on any atom is -0.222 e. The van der Waals surface area contributed by atoms with Crippen molar-refractivity contribution in [3.8, 4) is 0 Å². The third-order valence-corrected chi connectivity index (χ3v) is 3.32. The van der Waals surface area contributed by atoms with E-state index in [9.17, 15) is 0 Å². The number of hydrogen-bond donors (Lipinski definition) is 2. The van der Waals surface area contributed by atoms with Crippen LogP contribution < -0.4 is 0 Å². The monoisotopic (exact) mass is 342 g/mol. The fourth-order valence-electron chi connectivity index (χ4n) is 2.27. The maximum absolute atomic E-state index is 8.35. The van der Waals surface area contributed by atoms with Crippen molar-refractivity contribution in [1.82, 2.24) is 0 Å². The number of hydrogen-bond acceptors (Lipinski definition) is 4. The molecule has 0 bridgehead atoms. The van der Waals surface area contributed by atoms with E-state index in [2.05, 4.69) is 97.1 Å². The van der Waals surface area contributed by atoms with E-state index < -0.39 is 0 Å². The first-order chi connectivity index (χ1) is 12.8. The Morgan fingerprint density at radius 3 is 0.654 bits per heavy atom. The van der Waals surface area contributed by atoms with E-state index in [4.69, 9.17) is 20.4 Å². The lowest BCUT2D eigenvalue weighted by atomic mass is 10.1. The van der Waals surface area contributed by atoms with Crippen LogP contribution in [0, 0.1) is 10.8 Å². The molecule has 4 nitrogen and oxygen atoms in total. The molecule has 0 saturated carbocycles. The van der Waals surface area contributed by atoms with Gasteiger partial charge < -0.3 is 0 Å². The van der Waals surface area contributed by atoms with Crippen LogP contribution >= 0.6 is 0 Å². The van der Waals surface area contributed by atoms with Crippen LogP contribution in [-0.4, -0.2) is 12.2 Å². The van der Waals surface area contributed by atoms with E-state index in [-0.39, 0.29) is 0 Å². The number of carbonyl (C=O) groups excluding carboxylic acids is 2. The Morgan fingerprint density at radius 2 is 0.538 bits per heavy atom. The summed E-state index contributed by atoms with van der Waals surface area (Å²) >= 11 is 0. The molecule has 2 N–H and O–H groups in total. The van der Waals surface area contributed by atoms with Crippen molar-refractivity contribution < 1.29 is 9.59 Å². The van der Waals surface area contributed by atoms with Crippen molar-refractivity contribution in [2.45, 2.75) is 0 Å². The van der Waals surface area contributed by atoms with Gasteiger partial charge in [0.05, 0.1) is 0 Å². The lowest BCUT2D eigenvalue weighted by molar-refractivity contribution is 0.562. The third kappa shape index (κ3) is 7.16. The van der Waals surface area contributed by atoms with Crippen molar-refractivity contribution in [1.29, 1.82) is 10.8 Å². The minimum atomic E-state index is 0.750. The van der Waals surface area contributed by atoms with Crippen LogP contribution in [0.3, 0.4) is 0 Å². The molecule has 0 amide bonds.